The van der Waals surface area contributed by atoms with Gasteiger partial charge in [0.1, 0.15) is 5.75 Å². The van der Waals surface area contributed by atoms with Crippen LogP contribution in [0.2, 0.25) is 5.02 Å². The summed E-state index contributed by atoms with van der Waals surface area (Å²) in [7, 11) is 0. The first-order valence-electron chi connectivity index (χ1n) is 9.48. The average molecular weight is 395 g/mol. The lowest BCUT2D eigenvalue weighted by atomic mass is 10.1. The van der Waals surface area contributed by atoms with Gasteiger partial charge in [-0.2, -0.15) is 0 Å². The summed E-state index contributed by atoms with van der Waals surface area (Å²) in [6.45, 7) is 6.47. The number of nitrogens with one attached hydrogen (secondary N) is 1. The van der Waals surface area contributed by atoms with Gasteiger partial charge in [0, 0.05) is 18.8 Å². The lowest BCUT2D eigenvalue weighted by molar-refractivity contribution is -0.161. The number of amides is 2. The van der Waals surface area contributed by atoms with Gasteiger partial charge in [0.15, 0.2) is 0 Å². The van der Waals surface area contributed by atoms with E-state index in [1.165, 1.54) is 17.7 Å². The third kappa shape index (κ3) is 5.14. The van der Waals surface area contributed by atoms with Crippen molar-refractivity contribution in [1.82, 2.24) is 4.90 Å². The minimum absolute atomic E-state index is 0.119. The van der Waals surface area contributed by atoms with Gasteiger partial charge in [-0.3, -0.25) is 9.59 Å². The molecule has 1 atom stereocenters. The number of hydrogen-bond donors (Lipinski definition) is 1. The minimum atomic E-state index is -0.680. The lowest BCUT2D eigenvalue weighted by Gasteiger charge is -2.41. The molecule has 148 valence electrons. The molecule has 3 rings (SSSR count). The average Bonchev–Trinajstić information content (AvgIpc) is 3.08. The minimum Gasteiger partial charge on any atom is -0.489 e. The van der Waals surface area contributed by atoms with Crippen molar-refractivity contribution in [2.45, 2.75) is 64.3 Å². The SMILES string of the molecule is C[C@H]1CN(C(=O)C(=O)Nc2ccc(OC3CCCC3)c(Cl)c2)CC(C)(C)O1. The van der Waals surface area contributed by atoms with Crippen molar-refractivity contribution in [2.75, 3.05) is 18.4 Å². The molecule has 0 unspecified atom stereocenters. The number of halogens is 1. The van der Waals surface area contributed by atoms with Gasteiger partial charge in [0.2, 0.25) is 0 Å². The quantitative estimate of drug-likeness (QED) is 0.795. The van der Waals surface area contributed by atoms with Gasteiger partial charge < -0.3 is 19.7 Å². The maximum atomic E-state index is 12.5. The Balaban J connectivity index is 1.61. The normalized spacial score (nSPS) is 22.5. The largest absolute Gasteiger partial charge is 0.489 e. The highest BCUT2D eigenvalue weighted by molar-refractivity contribution is 6.39. The van der Waals surface area contributed by atoms with E-state index < -0.39 is 17.4 Å². The molecule has 0 aromatic heterocycles. The summed E-state index contributed by atoms with van der Waals surface area (Å²) in [5.41, 5.74) is -0.00597. The second-order valence-electron chi connectivity index (χ2n) is 8.00. The smallest absolute Gasteiger partial charge is 0.313 e. The Morgan fingerprint density at radius 1 is 1.30 bits per heavy atom. The number of anilines is 1. The number of carbonyl (C=O) groups is 2. The van der Waals surface area contributed by atoms with E-state index in [2.05, 4.69) is 5.32 Å². The van der Waals surface area contributed by atoms with Crippen molar-refractivity contribution in [3.05, 3.63) is 23.2 Å². The van der Waals surface area contributed by atoms with Crippen LogP contribution in [0.15, 0.2) is 18.2 Å². The van der Waals surface area contributed by atoms with Gasteiger partial charge in [0.25, 0.3) is 0 Å². The molecular weight excluding hydrogens is 368 g/mol. The van der Waals surface area contributed by atoms with Crippen molar-refractivity contribution in [1.29, 1.82) is 0 Å². The maximum Gasteiger partial charge on any atom is 0.313 e. The van der Waals surface area contributed by atoms with E-state index in [4.69, 9.17) is 21.1 Å². The van der Waals surface area contributed by atoms with Crippen molar-refractivity contribution in [3.8, 4) is 5.75 Å². The van der Waals surface area contributed by atoms with Crippen LogP contribution in [0.5, 0.6) is 5.75 Å². The fraction of sp³-hybridized carbons (Fsp3) is 0.600. The third-order valence-corrected chi connectivity index (χ3v) is 5.13. The predicted octanol–water partition coefficient (Wildman–Crippen LogP) is 3.63. The van der Waals surface area contributed by atoms with E-state index in [1.807, 2.05) is 20.8 Å². The number of carbonyl (C=O) groups excluding carboxylic acids is 2. The second kappa shape index (κ2) is 8.07. The molecule has 27 heavy (non-hydrogen) atoms. The molecule has 2 amide bonds. The molecule has 0 spiro atoms. The Labute approximate surface area is 165 Å². The summed E-state index contributed by atoms with van der Waals surface area (Å²) < 4.78 is 11.7. The molecule has 7 heteroatoms. The van der Waals surface area contributed by atoms with Crippen LogP contribution in [-0.4, -0.2) is 47.6 Å². The zero-order valence-corrected chi connectivity index (χ0v) is 16.8. The predicted molar refractivity (Wildman–Crippen MR) is 104 cm³/mol. The first-order valence-corrected chi connectivity index (χ1v) is 9.85. The molecule has 1 heterocycles. The summed E-state index contributed by atoms with van der Waals surface area (Å²) in [5.74, 6) is -0.641. The van der Waals surface area contributed by atoms with E-state index in [0.717, 1.165) is 12.8 Å². The molecule has 0 bridgehead atoms. The zero-order valence-electron chi connectivity index (χ0n) is 16.1. The van der Waals surface area contributed by atoms with E-state index in [-0.39, 0.29) is 12.2 Å². The topological polar surface area (TPSA) is 67.9 Å². The Morgan fingerprint density at radius 2 is 2.00 bits per heavy atom. The Bertz CT molecular complexity index is 716. The van der Waals surface area contributed by atoms with Gasteiger partial charge in [-0.25, -0.2) is 0 Å². The van der Waals surface area contributed by atoms with Crippen LogP contribution >= 0.6 is 11.6 Å². The highest BCUT2D eigenvalue weighted by atomic mass is 35.5. The van der Waals surface area contributed by atoms with Crippen molar-refractivity contribution in [2.24, 2.45) is 0 Å². The zero-order chi connectivity index (χ0) is 19.6. The summed E-state index contributed by atoms with van der Waals surface area (Å²) in [4.78, 5) is 26.4. The number of benzene rings is 1. The molecule has 6 nitrogen and oxygen atoms in total. The second-order valence-corrected chi connectivity index (χ2v) is 8.40. The first-order chi connectivity index (χ1) is 12.7. The summed E-state index contributed by atoms with van der Waals surface area (Å²) >= 11 is 6.29. The lowest BCUT2D eigenvalue weighted by Crippen LogP contribution is -2.56. The highest BCUT2D eigenvalue weighted by Gasteiger charge is 2.35. The van der Waals surface area contributed by atoms with Crippen molar-refractivity contribution < 1.29 is 19.1 Å². The molecule has 0 radical (unpaired) electrons. The summed E-state index contributed by atoms with van der Waals surface area (Å²) in [6, 6.07) is 5.05. The first kappa shape index (κ1) is 20.0. The fourth-order valence-electron chi connectivity index (χ4n) is 3.80. The molecule has 1 aliphatic carbocycles. The highest BCUT2D eigenvalue weighted by Crippen LogP contribution is 2.32. The van der Waals surface area contributed by atoms with E-state index in [0.29, 0.717) is 29.5 Å². The van der Waals surface area contributed by atoms with Crippen LogP contribution in [0.1, 0.15) is 46.5 Å². The summed E-state index contributed by atoms with van der Waals surface area (Å²) in [5, 5.41) is 3.06. The molecule has 2 aliphatic rings. The van der Waals surface area contributed by atoms with Gasteiger partial charge >= 0.3 is 11.8 Å². The molecule has 1 saturated carbocycles. The van der Waals surface area contributed by atoms with Crippen LogP contribution < -0.4 is 10.1 Å². The number of morpholine rings is 1. The van der Waals surface area contributed by atoms with Gasteiger partial charge in [-0.05, 0) is 64.7 Å². The number of hydrogen-bond acceptors (Lipinski definition) is 4. The Morgan fingerprint density at radius 3 is 2.63 bits per heavy atom. The van der Waals surface area contributed by atoms with Crippen molar-refractivity contribution >= 4 is 29.1 Å². The van der Waals surface area contributed by atoms with Crippen molar-refractivity contribution in [3.63, 3.8) is 0 Å². The number of rotatable bonds is 3. The maximum absolute atomic E-state index is 12.5. The van der Waals surface area contributed by atoms with Crippen LogP contribution in [0.3, 0.4) is 0 Å². The van der Waals surface area contributed by atoms with Gasteiger partial charge in [0.05, 0.1) is 22.8 Å². The molecule has 1 saturated heterocycles. The van der Waals surface area contributed by atoms with Crippen LogP contribution in [-0.2, 0) is 14.3 Å². The standard InChI is InChI=1S/C20H27ClN2O4/c1-13-11-23(12-20(2,3)27-13)19(25)18(24)22-14-8-9-17(16(21)10-14)26-15-6-4-5-7-15/h8-10,13,15H,4-7,11-12H2,1-3H3,(H,22,24)/t13-/m0/s1. The molecule has 1 aliphatic heterocycles. The van der Waals surface area contributed by atoms with Gasteiger partial charge in [-0.15, -0.1) is 0 Å². The molecule has 1 aromatic carbocycles. The van der Waals surface area contributed by atoms with Gasteiger partial charge in [-0.1, -0.05) is 11.6 Å². The Hall–Kier alpha value is -1.79. The monoisotopic (exact) mass is 394 g/mol. The summed E-state index contributed by atoms with van der Waals surface area (Å²) in [6.07, 6.45) is 4.52. The van der Waals surface area contributed by atoms with E-state index >= 15 is 0 Å². The van der Waals surface area contributed by atoms with Crippen LogP contribution in [0.4, 0.5) is 5.69 Å². The number of nitrogens with zero attached hydrogens (tertiary/aromatic N) is 1. The molecule has 2 fully saturated rings. The molecular formula is C20H27ClN2O4. The third-order valence-electron chi connectivity index (χ3n) is 4.84. The van der Waals surface area contributed by atoms with E-state index in [9.17, 15) is 9.59 Å². The van der Waals surface area contributed by atoms with Crippen LogP contribution in [0.25, 0.3) is 0 Å². The Kier molecular flexibility index (Phi) is 5.96. The number of ether oxygens (including phenoxy) is 2. The van der Waals surface area contributed by atoms with Crippen LogP contribution in [0, 0.1) is 0 Å². The van der Waals surface area contributed by atoms with E-state index in [1.54, 1.807) is 18.2 Å². The molecule has 1 N–H and O–H groups in total. The molecule has 1 aromatic rings. The fourth-order valence-corrected chi connectivity index (χ4v) is 4.02.